The summed E-state index contributed by atoms with van der Waals surface area (Å²) in [6.45, 7) is 6.33. The fourth-order valence-corrected chi connectivity index (χ4v) is 3.07. The number of hydrogen-bond acceptors (Lipinski definition) is 6. The molecule has 0 spiro atoms. The molecular formula is C17H26N4O3. The molecule has 0 aromatic carbocycles. The minimum absolute atomic E-state index is 0.143. The average molecular weight is 334 g/mol. The molecule has 1 unspecified atom stereocenters. The van der Waals surface area contributed by atoms with E-state index >= 15 is 0 Å². The van der Waals surface area contributed by atoms with Crippen LogP contribution in [0.5, 0.6) is 0 Å². The molecule has 0 aliphatic carbocycles. The number of piperazine rings is 1. The highest BCUT2D eigenvalue weighted by Gasteiger charge is 2.27. The van der Waals surface area contributed by atoms with Crippen LogP contribution in [-0.2, 0) is 14.3 Å². The highest BCUT2D eigenvalue weighted by atomic mass is 16.5. The molecule has 2 saturated heterocycles. The molecule has 2 aliphatic heterocycles. The van der Waals surface area contributed by atoms with E-state index < -0.39 is 0 Å². The first-order valence-electron chi connectivity index (χ1n) is 8.55. The maximum atomic E-state index is 12.5. The predicted molar refractivity (Wildman–Crippen MR) is 88.7 cm³/mol. The molecule has 1 amide bonds. The summed E-state index contributed by atoms with van der Waals surface area (Å²) in [5, 5.41) is 9.37. The molecule has 2 rings (SSSR count). The van der Waals surface area contributed by atoms with Crippen molar-refractivity contribution in [2.24, 2.45) is 5.92 Å². The molecule has 0 aromatic heterocycles. The van der Waals surface area contributed by atoms with Gasteiger partial charge in [0.05, 0.1) is 12.5 Å². The number of carbonyl (C=O) groups excluding carboxylic acids is 2. The molecule has 0 saturated carbocycles. The first-order chi connectivity index (χ1) is 11.5. The molecule has 0 N–H and O–H groups in total. The molecule has 0 bridgehead atoms. The number of amides is 1. The quantitative estimate of drug-likeness (QED) is 0.422. The predicted octanol–water partition coefficient (Wildman–Crippen LogP) is 0.443. The number of likely N-dealkylation sites (N-methyl/N-ethyl adjacent to an activating group) is 1. The Morgan fingerprint density at radius 1 is 1.25 bits per heavy atom. The van der Waals surface area contributed by atoms with Crippen molar-refractivity contribution in [1.29, 1.82) is 5.26 Å². The van der Waals surface area contributed by atoms with E-state index in [9.17, 15) is 14.9 Å². The van der Waals surface area contributed by atoms with E-state index in [1.54, 1.807) is 18.0 Å². The molecule has 1 atom stereocenters. The van der Waals surface area contributed by atoms with Gasteiger partial charge in [-0.05, 0) is 26.8 Å². The van der Waals surface area contributed by atoms with E-state index in [4.69, 9.17) is 4.74 Å². The van der Waals surface area contributed by atoms with Gasteiger partial charge >= 0.3 is 5.97 Å². The zero-order valence-electron chi connectivity index (χ0n) is 14.5. The Kier molecular flexibility index (Phi) is 6.62. The lowest BCUT2D eigenvalue weighted by atomic mass is 9.98. The maximum absolute atomic E-state index is 12.5. The van der Waals surface area contributed by atoms with Crippen LogP contribution in [0.4, 0.5) is 0 Å². The van der Waals surface area contributed by atoms with Gasteiger partial charge in [-0.15, -0.1) is 0 Å². The second kappa shape index (κ2) is 8.69. The van der Waals surface area contributed by atoms with Crippen molar-refractivity contribution in [3.63, 3.8) is 0 Å². The number of esters is 1. The molecule has 7 heteroatoms. The highest BCUT2D eigenvalue weighted by molar-refractivity contribution is 5.97. The van der Waals surface area contributed by atoms with Crippen LogP contribution in [-0.4, -0.2) is 79.5 Å². The van der Waals surface area contributed by atoms with Crippen LogP contribution in [0, 0.1) is 17.2 Å². The molecular weight excluding hydrogens is 308 g/mol. The van der Waals surface area contributed by atoms with Crippen molar-refractivity contribution in [2.75, 3.05) is 52.9 Å². The van der Waals surface area contributed by atoms with E-state index in [0.29, 0.717) is 26.2 Å². The number of nitrogens with zero attached hydrogens (tertiary/aromatic N) is 4. The smallest absolute Gasteiger partial charge is 0.310 e. The van der Waals surface area contributed by atoms with E-state index in [1.807, 2.05) is 18.0 Å². The fourth-order valence-electron chi connectivity index (χ4n) is 3.07. The van der Waals surface area contributed by atoms with E-state index in [1.165, 1.54) is 0 Å². The molecule has 7 nitrogen and oxygen atoms in total. The third kappa shape index (κ3) is 4.71. The zero-order chi connectivity index (χ0) is 17.5. The lowest BCUT2D eigenvalue weighted by Gasteiger charge is -2.33. The number of nitriles is 1. The number of likely N-dealkylation sites (tertiary alicyclic amines) is 1. The van der Waals surface area contributed by atoms with Gasteiger partial charge < -0.3 is 19.4 Å². The maximum Gasteiger partial charge on any atom is 0.310 e. The lowest BCUT2D eigenvalue weighted by Crippen LogP contribution is -2.47. The van der Waals surface area contributed by atoms with Gasteiger partial charge in [-0.2, -0.15) is 5.26 Å². The van der Waals surface area contributed by atoms with Crippen molar-refractivity contribution < 1.29 is 14.3 Å². The summed E-state index contributed by atoms with van der Waals surface area (Å²) in [5.74, 6) is -0.600. The lowest BCUT2D eigenvalue weighted by molar-refractivity contribution is -0.149. The number of carbonyl (C=O) groups is 2. The van der Waals surface area contributed by atoms with Crippen LogP contribution in [0.25, 0.3) is 0 Å². The van der Waals surface area contributed by atoms with Gasteiger partial charge in [0.15, 0.2) is 0 Å². The Bertz CT molecular complexity index is 532. The van der Waals surface area contributed by atoms with Crippen molar-refractivity contribution in [2.45, 2.75) is 19.8 Å². The van der Waals surface area contributed by atoms with Crippen molar-refractivity contribution in [3.05, 3.63) is 11.8 Å². The summed E-state index contributed by atoms with van der Waals surface area (Å²) < 4.78 is 5.08. The summed E-state index contributed by atoms with van der Waals surface area (Å²) in [7, 11) is 2.02. The fraction of sp³-hybridized carbons (Fsp3) is 0.706. The standard InChI is InChI=1S/C17H26N4O3/c1-3-24-17(23)14-5-4-6-20(12-14)13-15(11-18)16(22)21-9-7-19(2)8-10-21/h13-14H,3-10,12H2,1-2H3/b15-13-. The minimum Gasteiger partial charge on any atom is -0.466 e. The van der Waals surface area contributed by atoms with Crippen molar-refractivity contribution >= 4 is 11.9 Å². The Hall–Kier alpha value is -2.07. The Morgan fingerprint density at radius 3 is 2.58 bits per heavy atom. The number of hydrogen-bond donors (Lipinski definition) is 0. The summed E-state index contributed by atoms with van der Waals surface area (Å²) in [5.41, 5.74) is 0.143. The van der Waals surface area contributed by atoms with Gasteiger partial charge in [0.2, 0.25) is 0 Å². The number of piperidine rings is 1. The minimum atomic E-state index is -0.219. The Labute approximate surface area is 143 Å². The number of rotatable bonds is 4. The van der Waals surface area contributed by atoms with Crippen LogP contribution < -0.4 is 0 Å². The van der Waals surface area contributed by atoms with E-state index in [0.717, 1.165) is 32.5 Å². The SMILES string of the molecule is CCOC(=O)C1CCCN(/C=C(/C#N)C(=O)N2CCN(C)CC2)C1. The van der Waals surface area contributed by atoms with E-state index in [-0.39, 0.29) is 23.4 Å². The third-order valence-electron chi connectivity index (χ3n) is 4.53. The topological polar surface area (TPSA) is 76.9 Å². The first kappa shape index (κ1) is 18.3. The third-order valence-corrected chi connectivity index (χ3v) is 4.53. The second-order valence-corrected chi connectivity index (χ2v) is 6.34. The zero-order valence-corrected chi connectivity index (χ0v) is 14.5. The first-order valence-corrected chi connectivity index (χ1v) is 8.55. The van der Waals surface area contributed by atoms with Crippen LogP contribution in [0.2, 0.25) is 0 Å². The van der Waals surface area contributed by atoms with Gasteiger partial charge in [0.1, 0.15) is 11.6 Å². The van der Waals surface area contributed by atoms with Crippen molar-refractivity contribution in [3.8, 4) is 6.07 Å². The van der Waals surface area contributed by atoms with Crippen LogP contribution in [0.15, 0.2) is 11.8 Å². The summed E-state index contributed by atoms with van der Waals surface area (Å²) in [6.07, 6.45) is 3.25. The molecule has 24 heavy (non-hydrogen) atoms. The van der Waals surface area contributed by atoms with Crippen LogP contribution in [0.3, 0.4) is 0 Å². The van der Waals surface area contributed by atoms with Crippen molar-refractivity contribution in [1.82, 2.24) is 14.7 Å². The molecule has 0 aromatic rings. The van der Waals surface area contributed by atoms with Crippen LogP contribution in [0.1, 0.15) is 19.8 Å². The normalized spacial score (nSPS) is 22.9. The molecule has 132 valence electrons. The second-order valence-electron chi connectivity index (χ2n) is 6.34. The molecule has 2 fully saturated rings. The summed E-state index contributed by atoms with van der Waals surface area (Å²) >= 11 is 0. The van der Waals surface area contributed by atoms with Gasteiger partial charge in [0.25, 0.3) is 5.91 Å². The van der Waals surface area contributed by atoms with Gasteiger partial charge in [-0.3, -0.25) is 9.59 Å². The Balaban J connectivity index is 2.00. The van der Waals surface area contributed by atoms with Gasteiger partial charge in [0, 0.05) is 45.5 Å². The molecule has 2 aliphatic rings. The summed E-state index contributed by atoms with van der Waals surface area (Å²) in [6, 6.07) is 2.03. The van der Waals surface area contributed by atoms with Crippen LogP contribution >= 0.6 is 0 Å². The van der Waals surface area contributed by atoms with Gasteiger partial charge in [-0.1, -0.05) is 0 Å². The average Bonchev–Trinajstić information content (AvgIpc) is 2.60. The van der Waals surface area contributed by atoms with Gasteiger partial charge in [-0.25, -0.2) is 0 Å². The monoisotopic (exact) mass is 334 g/mol. The van der Waals surface area contributed by atoms with E-state index in [2.05, 4.69) is 4.90 Å². The Morgan fingerprint density at radius 2 is 1.96 bits per heavy atom. The number of ether oxygens (including phenoxy) is 1. The largest absolute Gasteiger partial charge is 0.466 e. The molecule has 2 heterocycles. The molecule has 0 radical (unpaired) electrons. The highest BCUT2D eigenvalue weighted by Crippen LogP contribution is 2.19. The summed E-state index contributed by atoms with van der Waals surface area (Å²) in [4.78, 5) is 30.2.